The largest absolute Gasteiger partial charge is 0.326 e. The molecule has 96 valence electrons. The molecule has 0 aliphatic rings. The predicted octanol–water partition coefficient (Wildman–Crippen LogP) is 3.43. The van der Waals surface area contributed by atoms with E-state index in [0.717, 1.165) is 11.0 Å². The zero-order valence-corrected chi connectivity index (χ0v) is 12.7. The van der Waals surface area contributed by atoms with Gasteiger partial charge in [-0.05, 0) is 31.5 Å². The fourth-order valence-corrected chi connectivity index (χ4v) is 2.85. The Bertz CT molecular complexity index is 350. The first-order valence-electron chi connectivity index (χ1n) is 6.13. The summed E-state index contributed by atoms with van der Waals surface area (Å²) < 4.78 is 1.14. The van der Waals surface area contributed by atoms with Gasteiger partial charge in [0.25, 0.3) is 0 Å². The highest BCUT2D eigenvalue weighted by atomic mass is 79.9. The summed E-state index contributed by atoms with van der Waals surface area (Å²) in [6.45, 7) is 7.58. The van der Waals surface area contributed by atoms with Gasteiger partial charge in [0.1, 0.15) is 0 Å². The molecule has 3 heteroatoms. The van der Waals surface area contributed by atoms with Crippen molar-refractivity contribution >= 4 is 15.9 Å². The van der Waals surface area contributed by atoms with Crippen LogP contribution in [0.5, 0.6) is 0 Å². The average Bonchev–Trinajstić information content (AvgIpc) is 2.19. The van der Waals surface area contributed by atoms with E-state index in [2.05, 4.69) is 66.8 Å². The van der Waals surface area contributed by atoms with Crippen LogP contribution in [0.3, 0.4) is 0 Å². The molecule has 0 saturated carbocycles. The number of halogens is 1. The van der Waals surface area contributed by atoms with Gasteiger partial charge in [-0.15, -0.1) is 0 Å². The van der Waals surface area contributed by atoms with Crippen LogP contribution in [0.25, 0.3) is 0 Å². The van der Waals surface area contributed by atoms with E-state index >= 15 is 0 Å². The van der Waals surface area contributed by atoms with Gasteiger partial charge in [0.15, 0.2) is 0 Å². The topological polar surface area (TPSA) is 29.3 Å². The minimum absolute atomic E-state index is 0.109. The summed E-state index contributed by atoms with van der Waals surface area (Å²) >= 11 is 3.62. The summed E-state index contributed by atoms with van der Waals surface area (Å²) in [5.41, 5.74) is 7.42. The van der Waals surface area contributed by atoms with Crippen molar-refractivity contribution in [3.05, 3.63) is 34.3 Å². The summed E-state index contributed by atoms with van der Waals surface area (Å²) in [6.07, 6.45) is 0. The number of likely N-dealkylation sites (N-methyl/N-ethyl adjacent to an activating group) is 1. The Balaban J connectivity index is 2.97. The second-order valence-corrected chi connectivity index (χ2v) is 6.01. The van der Waals surface area contributed by atoms with Crippen LogP contribution >= 0.6 is 15.9 Å². The van der Waals surface area contributed by atoms with Crippen molar-refractivity contribution < 1.29 is 0 Å². The SMILES string of the molecule is CC(C)CN(C)C(c1ccccc1Br)C(C)N. The number of hydrogen-bond donors (Lipinski definition) is 1. The third-order valence-corrected chi connectivity index (χ3v) is 3.57. The van der Waals surface area contributed by atoms with Crippen LogP contribution in [0.15, 0.2) is 28.7 Å². The van der Waals surface area contributed by atoms with Crippen molar-refractivity contribution in [1.29, 1.82) is 0 Å². The van der Waals surface area contributed by atoms with E-state index in [1.54, 1.807) is 0 Å². The molecule has 17 heavy (non-hydrogen) atoms. The van der Waals surface area contributed by atoms with E-state index in [1.807, 2.05) is 6.07 Å². The summed E-state index contributed by atoms with van der Waals surface area (Å²) in [6, 6.07) is 8.70. The molecule has 0 aliphatic carbocycles. The minimum Gasteiger partial charge on any atom is -0.326 e. The van der Waals surface area contributed by atoms with Crippen molar-refractivity contribution in [2.45, 2.75) is 32.9 Å². The summed E-state index contributed by atoms with van der Waals surface area (Å²) in [4.78, 5) is 2.34. The maximum absolute atomic E-state index is 6.15. The fourth-order valence-electron chi connectivity index (χ4n) is 2.33. The monoisotopic (exact) mass is 298 g/mol. The third-order valence-electron chi connectivity index (χ3n) is 2.85. The average molecular weight is 299 g/mol. The molecule has 0 aromatic heterocycles. The van der Waals surface area contributed by atoms with Gasteiger partial charge >= 0.3 is 0 Å². The Kier molecular flexibility index (Phi) is 5.63. The summed E-state index contributed by atoms with van der Waals surface area (Å²) in [5.74, 6) is 0.642. The van der Waals surface area contributed by atoms with Gasteiger partial charge in [0, 0.05) is 17.1 Å². The molecular weight excluding hydrogens is 276 g/mol. The first-order valence-corrected chi connectivity index (χ1v) is 6.93. The maximum atomic E-state index is 6.15. The lowest BCUT2D eigenvalue weighted by atomic mass is 9.99. The summed E-state index contributed by atoms with van der Waals surface area (Å²) in [7, 11) is 2.15. The highest BCUT2D eigenvalue weighted by Gasteiger charge is 2.23. The van der Waals surface area contributed by atoms with Crippen LogP contribution in [0, 0.1) is 5.92 Å². The lowest BCUT2D eigenvalue weighted by Crippen LogP contribution is -2.39. The van der Waals surface area contributed by atoms with E-state index < -0.39 is 0 Å². The minimum atomic E-state index is 0.109. The molecule has 2 nitrogen and oxygen atoms in total. The van der Waals surface area contributed by atoms with Crippen molar-refractivity contribution in [1.82, 2.24) is 4.90 Å². The molecule has 0 amide bonds. The van der Waals surface area contributed by atoms with Crippen LogP contribution in [-0.4, -0.2) is 24.5 Å². The highest BCUT2D eigenvalue weighted by Crippen LogP contribution is 2.29. The molecule has 0 heterocycles. The van der Waals surface area contributed by atoms with Crippen molar-refractivity contribution in [2.75, 3.05) is 13.6 Å². The molecule has 0 bridgehead atoms. The number of nitrogens with zero attached hydrogens (tertiary/aromatic N) is 1. The number of hydrogen-bond acceptors (Lipinski definition) is 2. The van der Waals surface area contributed by atoms with E-state index in [-0.39, 0.29) is 12.1 Å². The smallest absolute Gasteiger partial charge is 0.0504 e. The first kappa shape index (κ1) is 14.7. The predicted molar refractivity (Wildman–Crippen MR) is 78.0 cm³/mol. The molecule has 1 rings (SSSR count). The Hall–Kier alpha value is -0.380. The second-order valence-electron chi connectivity index (χ2n) is 5.16. The van der Waals surface area contributed by atoms with Crippen molar-refractivity contribution in [2.24, 2.45) is 11.7 Å². The van der Waals surface area contributed by atoms with Crippen LogP contribution in [0.2, 0.25) is 0 Å². The summed E-state index contributed by atoms with van der Waals surface area (Å²) in [5, 5.41) is 0. The van der Waals surface area contributed by atoms with Gasteiger partial charge in [0.2, 0.25) is 0 Å². The van der Waals surface area contributed by atoms with E-state index in [9.17, 15) is 0 Å². The van der Waals surface area contributed by atoms with Crippen LogP contribution in [0.4, 0.5) is 0 Å². The molecule has 2 atom stereocenters. The van der Waals surface area contributed by atoms with Crippen molar-refractivity contribution in [3.8, 4) is 0 Å². The van der Waals surface area contributed by atoms with Gasteiger partial charge in [-0.25, -0.2) is 0 Å². The molecule has 0 saturated heterocycles. The molecule has 0 fully saturated rings. The van der Waals surface area contributed by atoms with Crippen LogP contribution in [0.1, 0.15) is 32.4 Å². The Morgan fingerprint density at radius 1 is 1.24 bits per heavy atom. The van der Waals surface area contributed by atoms with Gasteiger partial charge < -0.3 is 5.73 Å². The van der Waals surface area contributed by atoms with Crippen LogP contribution in [-0.2, 0) is 0 Å². The normalized spacial score (nSPS) is 15.3. The number of nitrogens with two attached hydrogens (primary N) is 1. The Labute approximate surface area is 113 Å². The standard InChI is InChI=1S/C14H23BrN2/c1-10(2)9-17(4)14(11(3)16)12-7-5-6-8-13(12)15/h5-8,10-11,14H,9,16H2,1-4H3. The van der Waals surface area contributed by atoms with E-state index in [1.165, 1.54) is 5.56 Å². The van der Waals surface area contributed by atoms with Gasteiger partial charge in [0.05, 0.1) is 6.04 Å². The quantitative estimate of drug-likeness (QED) is 0.902. The molecule has 2 N–H and O–H groups in total. The number of benzene rings is 1. The molecule has 0 radical (unpaired) electrons. The number of rotatable bonds is 5. The maximum Gasteiger partial charge on any atom is 0.0504 e. The molecule has 0 aliphatic heterocycles. The van der Waals surface area contributed by atoms with Gasteiger partial charge in [-0.2, -0.15) is 0 Å². The molecule has 0 spiro atoms. The molecule has 1 aromatic rings. The molecule has 2 unspecified atom stereocenters. The second kappa shape index (κ2) is 6.53. The highest BCUT2D eigenvalue weighted by molar-refractivity contribution is 9.10. The first-order chi connectivity index (χ1) is 7.93. The van der Waals surface area contributed by atoms with Crippen LogP contribution < -0.4 is 5.73 Å². The fraction of sp³-hybridized carbons (Fsp3) is 0.571. The molecule has 1 aromatic carbocycles. The Morgan fingerprint density at radius 2 is 1.82 bits per heavy atom. The Morgan fingerprint density at radius 3 is 2.29 bits per heavy atom. The van der Waals surface area contributed by atoms with Gasteiger partial charge in [-0.3, -0.25) is 4.90 Å². The van der Waals surface area contributed by atoms with E-state index in [4.69, 9.17) is 5.73 Å². The zero-order valence-electron chi connectivity index (χ0n) is 11.2. The zero-order chi connectivity index (χ0) is 13.0. The van der Waals surface area contributed by atoms with Gasteiger partial charge in [-0.1, -0.05) is 48.0 Å². The third kappa shape index (κ3) is 4.09. The lowest BCUT2D eigenvalue weighted by Gasteiger charge is -2.33. The van der Waals surface area contributed by atoms with Crippen molar-refractivity contribution in [3.63, 3.8) is 0 Å². The lowest BCUT2D eigenvalue weighted by molar-refractivity contribution is 0.196. The van der Waals surface area contributed by atoms with E-state index in [0.29, 0.717) is 5.92 Å². The molecular formula is C14H23BrN2.